The summed E-state index contributed by atoms with van der Waals surface area (Å²) in [4.78, 5) is 11.2. The predicted molar refractivity (Wildman–Crippen MR) is 53.5 cm³/mol. The zero-order chi connectivity index (χ0) is 10.8. The van der Waals surface area contributed by atoms with E-state index in [0.717, 1.165) is 0 Å². The Kier molecular flexibility index (Phi) is 3.00. The maximum Gasteiger partial charge on any atom is 0.412 e. The van der Waals surface area contributed by atoms with E-state index in [9.17, 15) is 4.79 Å². The molecule has 0 fully saturated rings. The summed E-state index contributed by atoms with van der Waals surface area (Å²) in [5, 5.41) is 8.86. The highest BCUT2D eigenvalue weighted by Crippen LogP contribution is 2.18. The fraction of sp³-hybridized carbons (Fsp3) is 0.500. The van der Waals surface area contributed by atoms with Gasteiger partial charge in [-0.2, -0.15) is 5.10 Å². The van der Waals surface area contributed by atoms with Gasteiger partial charge in [-0.15, -0.1) is 0 Å². The quantitative estimate of drug-likeness (QED) is 0.759. The Morgan fingerprint density at radius 2 is 2.29 bits per heavy atom. The first kappa shape index (κ1) is 10.8. The third-order valence-corrected chi connectivity index (χ3v) is 1.52. The third kappa shape index (κ3) is 3.26. The summed E-state index contributed by atoms with van der Waals surface area (Å²) in [5.41, 5.74) is -0.124. The van der Waals surface area contributed by atoms with Crippen LogP contribution in [0.3, 0.4) is 0 Å². The minimum Gasteiger partial charge on any atom is -0.444 e. The van der Waals surface area contributed by atoms with Crippen molar-refractivity contribution in [1.29, 1.82) is 0 Å². The SMILES string of the molecule is CC(C)(C)OC(=O)Nc1cn[nH]c1Cl. The van der Waals surface area contributed by atoms with Crippen molar-refractivity contribution in [2.75, 3.05) is 5.32 Å². The summed E-state index contributed by atoms with van der Waals surface area (Å²) in [6.45, 7) is 5.34. The first-order valence-electron chi connectivity index (χ1n) is 4.07. The van der Waals surface area contributed by atoms with Crippen LogP contribution >= 0.6 is 11.6 Å². The van der Waals surface area contributed by atoms with Crippen molar-refractivity contribution in [3.63, 3.8) is 0 Å². The number of halogens is 1. The molecule has 0 atom stereocenters. The summed E-state index contributed by atoms with van der Waals surface area (Å²) in [5.74, 6) is 0. The summed E-state index contributed by atoms with van der Waals surface area (Å²) >= 11 is 5.67. The Hall–Kier alpha value is -1.23. The maximum atomic E-state index is 11.2. The largest absolute Gasteiger partial charge is 0.444 e. The van der Waals surface area contributed by atoms with Crippen LogP contribution in [0.25, 0.3) is 0 Å². The number of carbonyl (C=O) groups excluding carboxylic acids is 1. The maximum absolute atomic E-state index is 11.2. The van der Waals surface area contributed by atoms with Crippen LogP contribution in [-0.2, 0) is 4.74 Å². The highest BCUT2D eigenvalue weighted by atomic mass is 35.5. The average Bonchev–Trinajstić information content (AvgIpc) is 2.32. The van der Waals surface area contributed by atoms with E-state index < -0.39 is 11.7 Å². The van der Waals surface area contributed by atoms with Crippen LogP contribution in [0.1, 0.15) is 20.8 Å². The third-order valence-electron chi connectivity index (χ3n) is 1.23. The van der Waals surface area contributed by atoms with Gasteiger partial charge in [0.1, 0.15) is 16.4 Å². The lowest BCUT2D eigenvalue weighted by molar-refractivity contribution is 0.0636. The Labute approximate surface area is 86.8 Å². The number of H-pyrrole nitrogens is 1. The highest BCUT2D eigenvalue weighted by Gasteiger charge is 2.17. The number of aromatic amines is 1. The molecule has 0 unspecified atom stereocenters. The number of hydrogen-bond donors (Lipinski definition) is 2. The molecular formula is C8H12ClN3O2. The second-order valence-corrected chi connectivity index (χ2v) is 4.10. The molecule has 0 radical (unpaired) electrons. The van der Waals surface area contributed by atoms with Gasteiger partial charge in [-0.05, 0) is 20.8 Å². The zero-order valence-corrected chi connectivity index (χ0v) is 8.97. The van der Waals surface area contributed by atoms with E-state index in [0.29, 0.717) is 5.69 Å². The average molecular weight is 218 g/mol. The molecule has 1 rings (SSSR count). The van der Waals surface area contributed by atoms with Crippen LogP contribution in [0.4, 0.5) is 10.5 Å². The lowest BCUT2D eigenvalue weighted by Gasteiger charge is -2.19. The first-order valence-corrected chi connectivity index (χ1v) is 4.45. The topological polar surface area (TPSA) is 67.0 Å². The monoisotopic (exact) mass is 217 g/mol. The van der Waals surface area contributed by atoms with Crippen LogP contribution in [0.5, 0.6) is 0 Å². The fourth-order valence-electron chi connectivity index (χ4n) is 0.771. The van der Waals surface area contributed by atoms with Gasteiger partial charge in [-0.25, -0.2) is 4.79 Å². The summed E-state index contributed by atoms with van der Waals surface area (Å²) in [6, 6.07) is 0. The molecule has 1 aromatic heterocycles. The van der Waals surface area contributed by atoms with E-state index in [-0.39, 0.29) is 5.15 Å². The van der Waals surface area contributed by atoms with Crippen molar-refractivity contribution in [3.05, 3.63) is 11.3 Å². The lowest BCUT2D eigenvalue weighted by atomic mass is 10.2. The van der Waals surface area contributed by atoms with E-state index in [1.807, 2.05) is 0 Å². The molecule has 0 aliphatic carbocycles. The summed E-state index contributed by atoms with van der Waals surface area (Å²) < 4.78 is 5.02. The first-order chi connectivity index (χ1) is 6.38. The lowest BCUT2D eigenvalue weighted by Crippen LogP contribution is -2.27. The van der Waals surface area contributed by atoms with Crippen LogP contribution in [-0.4, -0.2) is 21.9 Å². The molecule has 0 spiro atoms. The molecule has 0 aliphatic rings. The Morgan fingerprint density at radius 3 is 2.71 bits per heavy atom. The van der Waals surface area contributed by atoms with Gasteiger partial charge in [0, 0.05) is 0 Å². The van der Waals surface area contributed by atoms with Crippen LogP contribution in [0, 0.1) is 0 Å². The summed E-state index contributed by atoms with van der Waals surface area (Å²) in [7, 11) is 0. The highest BCUT2D eigenvalue weighted by molar-refractivity contribution is 6.32. The van der Waals surface area contributed by atoms with Crippen molar-refractivity contribution in [2.45, 2.75) is 26.4 Å². The van der Waals surface area contributed by atoms with E-state index in [1.165, 1.54) is 6.20 Å². The second kappa shape index (κ2) is 3.88. The molecule has 0 bridgehead atoms. The summed E-state index contributed by atoms with van der Waals surface area (Å²) in [6.07, 6.45) is 0.854. The van der Waals surface area contributed by atoms with Crippen LogP contribution in [0.2, 0.25) is 5.15 Å². The number of anilines is 1. The number of carbonyl (C=O) groups is 1. The molecule has 0 saturated heterocycles. The number of aromatic nitrogens is 2. The predicted octanol–water partition coefficient (Wildman–Crippen LogP) is 2.41. The van der Waals surface area contributed by atoms with Gasteiger partial charge in [0.15, 0.2) is 0 Å². The molecular weight excluding hydrogens is 206 g/mol. The number of ether oxygens (including phenoxy) is 1. The van der Waals surface area contributed by atoms with Gasteiger partial charge >= 0.3 is 6.09 Å². The molecule has 0 aliphatic heterocycles. The van der Waals surface area contributed by atoms with Crippen LogP contribution < -0.4 is 5.32 Å². The fourth-order valence-corrected chi connectivity index (χ4v) is 0.916. The normalized spacial score (nSPS) is 11.1. The van der Waals surface area contributed by atoms with Crippen LogP contribution in [0.15, 0.2) is 6.20 Å². The Morgan fingerprint density at radius 1 is 1.64 bits per heavy atom. The number of hydrogen-bond acceptors (Lipinski definition) is 3. The van der Waals surface area contributed by atoms with Gasteiger partial charge < -0.3 is 4.74 Å². The second-order valence-electron chi connectivity index (χ2n) is 3.72. The molecule has 14 heavy (non-hydrogen) atoms. The number of nitrogens with zero attached hydrogens (tertiary/aromatic N) is 1. The molecule has 0 aromatic carbocycles. The standard InChI is InChI=1S/C8H12ClN3O2/c1-8(2,3)14-7(13)11-5-4-10-12-6(5)9/h4H,1-3H3,(H,10,12)(H,11,13). The molecule has 5 nitrogen and oxygen atoms in total. The van der Waals surface area contributed by atoms with E-state index in [2.05, 4.69) is 15.5 Å². The van der Waals surface area contributed by atoms with Gasteiger partial charge in [0.25, 0.3) is 0 Å². The molecule has 0 saturated carbocycles. The van der Waals surface area contributed by atoms with Gasteiger partial charge in [-0.1, -0.05) is 11.6 Å². The van der Waals surface area contributed by atoms with Gasteiger partial charge in [-0.3, -0.25) is 10.4 Å². The minimum absolute atomic E-state index is 0.274. The van der Waals surface area contributed by atoms with Crippen molar-refractivity contribution in [1.82, 2.24) is 10.2 Å². The van der Waals surface area contributed by atoms with Crippen molar-refractivity contribution >= 4 is 23.4 Å². The minimum atomic E-state index is -0.555. The Bertz CT molecular complexity index is 330. The van der Waals surface area contributed by atoms with Gasteiger partial charge in [0.05, 0.1) is 6.20 Å². The van der Waals surface area contributed by atoms with E-state index >= 15 is 0 Å². The number of nitrogens with one attached hydrogen (secondary N) is 2. The number of amides is 1. The van der Waals surface area contributed by atoms with Crippen molar-refractivity contribution < 1.29 is 9.53 Å². The molecule has 78 valence electrons. The van der Waals surface area contributed by atoms with E-state index in [1.54, 1.807) is 20.8 Å². The van der Waals surface area contributed by atoms with Crippen molar-refractivity contribution in [3.8, 4) is 0 Å². The van der Waals surface area contributed by atoms with E-state index in [4.69, 9.17) is 16.3 Å². The zero-order valence-electron chi connectivity index (χ0n) is 8.22. The van der Waals surface area contributed by atoms with Crippen molar-refractivity contribution in [2.24, 2.45) is 0 Å². The Balaban J connectivity index is 2.54. The molecule has 6 heteroatoms. The van der Waals surface area contributed by atoms with Gasteiger partial charge in [0.2, 0.25) is 0 Å². The number of rotatable bonds is 1. The molecule has 1 aromatic rings. The molecule has 1 heterocycles. The smallest absolute Gasteiger partial charge is 0.412 e. The molecule has 1 amide bonds. The molecule has 2 N–H and O–H groups in total.